The van der Waals surface area contributed by atoms with Crippen molar-refractivity contribution in [2.45, 2.75) is 47.5 Å². The summed E-state index contributed by atoms with van der Waals surface area (Å²) in [4.78, 5) is 0. The first kappa shape index (κ1) is 13.9. The molecule has 0 atom stereocenters. The minimum Gasteiger partial charge on any atom is -0.0588 e. The van der Waals surface area contributed by atoms with Crippen LogP contribution in [0.1, 0.15) is 38.9 Å². The van der Waals surface area contributed by atoms with E-state index in [4.69, 9.17) is 0 Å². The van der Waals surface area contributed by atoms with Crippen molar-refractivity contribution in [1.82, 2.24) is 0 Å². The monoisotopic (exact) mass is 252 g/mol. The Morgan fingerprint density at radius 1 is 0.579 bits per heavy atom. The molecule has 0 saturated carbocycles. The third-order valence-corrected chi connectivity index (χ3v) is 4.26. The van der Waals surface area contributed by atoms with Crippen LogP contribution in [0.2, 0.25) is 0 Å². The first-order chi connectivity index (χ1) is 8.97. The predicted molar refractivity (Wildman–Crippen MR) is 84.0 cm³/mol. The fourth-order valence-electron chi connectivity index (χ4n) is 2.52. The van der Waals surface area contributed by atoms with Gasteiger partial charge in [0.05, 0.1) is 0 Å². The maximum absolute atomic E-state index is 2.34. The van der Waals surface area contributed by atoms with E-state index in [1.165, 1.54) is 38.9 Å². The third-order valence-electron chi connectivity index (χ3n) is 4.26. The fourth-order valence-corrected chi connectivity index (χ4v) is 2.52. The molecular formula is C19H24. The molecule has 0 nitrogen and oxygen atoms in total. The molecule has 0 bridgehead atoms. The Labute approximate surface area is 117 Å². The summed E-state index contributed by atoms with van der Waals surface area (Å²) in [5, 5.41) is 0. The topological polar surface area (TPSA) is 0 Å². The van der Waals surface area contributed by atoms with E-state index in [0.717, 1.165) is 12.8 Å². The molecule has 19 heavy (non-hydrogen) atoms. The van der Waals surface area contributed by atoms with Crippen molar-refractivity contribution < 1.29 is 0 Å². The Bertz CT molecular complexity index is 568. The summed E-state index contributed by atoms with van der Waals surface area (Å²) < 4.78 is 0. The number of rotatable bonds is 3. The predicted octanol–water partition coefficient (Wildman–Crippen LogP) is 5.01. The summed E-state index contributed by atoms with van der Waals surface area (Å²) in [6, 6.07) is 11.5. The minimum atomic E-state index is 1.13. The second-order valence-corrected chi connectivity index (χ2v) is 5.77. The molecule has 2 aromatic rings. The van der Waals surface area contributed by atoms with Gasteiger partial charge in [0.15, 0.2) is 0 Å². The second-order valence-electron chi connectivity index (χ2n) is 5.77. The van der Waals surface area contributed by atoms with Crippen molar-refractivity contribution in [3.8, 4) is 0 Å². The van der Waals surface area contributed by atoms with Gasteiger partial charge in [-0.05, 0) is 86.4 Å². The van der Waals surface area contributed by atoms with Crippen LogP contribution in [0.5, 0.6) is 0 Å². The first-order valence-electron chi connectivity index (χ1n) is 7.10. The smallest absolute Gasteiger partial charge is 0.0238 e. The van der Waals surface area contributed by atoms with Crippen molar-refractivity contribution in [2.75, 3.05) is 0 Å². The second kappa shape index (κ2) is 5.61. The van der Waals surface area contributed by atoms with Gasteiger partial charge < -0.3 is 0 Å². The van der Waals surface area contributed by atoms with Gasteiger partial charge in [-0.1, -0.05) is 30.3 Å². The molecule has 0 aliphatic rings. The Balaban J connectivity index is 2.12. The minimum absolute atomic E-state index is 1.13. The SMILES string of the molecule is Cc1ccc(CCc2cc(C)c(C)c(C)c2)cc1C. The van der Waals surface area contributed by atoms with Crippen LogP contribution in [0.4, 0.5) is 0 Å². The lowest BCUT2D eigenvalue weighted by molar-refractivity contribution is 0.949. The maximum atomic E-state index is 2.34. The van der Waals surface area contributed by atoms with Gasteiger partial charge in [-0.3, -0.25) is 0 Å². The van der Waals surface area contributed by atoms with E-state index < -0.39 is 0 Å². The van der Waals surface area contributed by atoms with Crippen LogP contribution in [0.25, 0.3) is 0 Å². The number of hydrogen-bond donors (Lipinski definition) is 0. The molecule has 0 aliphatic heterocycles. The molecule has 2 aromatic carbocycles. The molecule has 0 aromatic heterocycles. The third kappa shape index (κ3) is 3.26. The largest absolute Gasteiger partial charge is 0.0588 e. The molecule has 0 heteroatoms. The van der Waals surface area contributed by atoms with Crippen molar-refractivity contribution in [1.29, 1.82) is 0 Å². The summed E-state index contributed by atoms with van der Waals surface area (Å²) in [5.74, 6) is 0. The lowest BCUT2D eigenvalue weighted by Crippen LogP contribution is -1.96. The van der Waals surface area contributed by atoms with Gasteiger partial charge in [0.2, 0.25) is 0 Å². The van der Waals surface area contributed by atoms with Gasteiger partial charge in [0, 0.05) is 0 Å². The number of hydrogen-bond acceptors (Lipinski definition) is 0. The van der Waals surface area contributed by atoms with Crippen LogP contribution in [-0.4, -0.2) is 0 Å². The van der Waals surface area contributed by atoms with Crippen LogP contribution >= 0.6 is 0 Å². The van der Waals surface area contributed by atoms with Gasteiger partial charge in [-0.2, -0.15) is 0 Å². The summed E-state index contributed by atoms with van der Waals surface area (Å²) in [6.07, 6.45) is 2.26. The molecule has 0 fully saturated rings. The molecular weight excluding hydrogens is 228 g/mol. The highest BCUT2D eigenvalue weighted by Gasteiger charge is 2.02. The van der Waals surface area contributed by atoms with Crippen LogP contribution in [0.15, 0.2) is 30.3 Å². The number of aryl methyl sites for hydroxylation is 6. The standard InChI is InChI=1S/C19H24/c1-13-6-7-18(10-14(13)2)8-9-19-11-15(3)17(5)16(4)12-19/h6-7,10-12H,8-9H2,1-5H3. The van der Waals surface area contributed by atoms with E-state index in [-0.39, 0.29) is 0 Å². The molecule has 100 valence electrons. The lowest BCUT2D eigenvalue weighted by atomic mass is 9.96. The van der Waals surface area contributed by atoms with E-state index >= 15 is 0 Å². The molecule has 0 radical (unpaired) electrons. The molecule has 0 aliphatic carbocycles. The van der Waals surface area contributed by atoms with Crippen molar-refractivity contribution in [2.24, 2.45) is 0 Å². The zero-order valence-electron chi connectivity index (χ0n) is 12.8. The van der Waals surface area contributed by atoms with E-state index in [9.17, 15) is 0 Å². The zero-order chi connectivity index (χ0) is 14.0. The summed E-state index contributed by atoms with van der Waals surface area (Å²) >= 11 is 0. The average molecular weight is 252 g/mol. The quantitative estimate of drug-likeness (QED) is 0.720. The Hall–Kier alpha value is -1.56. The molecule has 0 saturated heterocycles. The van der Waals surface area contributed by atoms with E-state index in [1.807, 2.05) is 0 Å². The van der Waals surface area contributed by atoms with Crippen LogP contribution in [-0.2, 0) is 12.8 Å². The first-order valence-corrected chi connectivity index (χ1v) is 7.10. The van der Waals surface area contributed by atoms with Gasteiger partial charge >= 0.3 is 0 Å². The zero-order valence-corrected chi connectivity index (χ0v) is 12.8. The van der Waals surface area contributed by atoms with Gasteiger partial charge in [-0.15, -0.1) is 0 Å². The summed E-state index contributed by atoms with van der Waals surface area (Å²) in [5.41, 5.74) is 9.93. The van der Waals surface area contributed by atoms with Crippen LogP contribution in [0, 0.1) is 34.6 Å². The van der Waals surface area contributed by atoms with Crippen LogP contribution < -0.4 is 0 Å². The van der Waals surface area contributed by atoms with Crippen molar-refractivity contribution in [3.05, 3.63) is 69.3 Å². The average Bonchev–Trinajstić information content (AvgIpc) is 2.37. The number of benzene rings is 2. The van der Waals surface area contributed by atoms with Gasteiger partial charge in [0.25, 0.3) is 0 Å². The Kier molecular flexibility index (Phi) is 4.09. The van der Waals surface area contributed by atoms with E-state index in [2.05, 4.69) is 65.0 Å². The van der Waals surface area contributed by atoms with Crippen LogP contribution in [0.3, 0.4) is 0 Å². The van der Waals surface area contributed by atoms with E-state index in [0.29, 0.717) is 0 Å². The van der Waals surface area contributed by atoms with Gasteiger partial charge in [-0.25, -0.2) is 0 Å². The molecule has 0 amide bonds. The molecule has 0 heterocycles. The molecule has 0 unspecified atom stereocenters. The maximum Gasteiger partial charge on any atom is -0.0238 e. The normalized spacial score (nSPS) is 10.8. The summed E-state index contributed by atoms with van der Waals surface area (Å²) in [7, 11) is 0. The highest BCUT2D eigenvalue weighted by Crippen LogP contribution is 2.18. The fraction of sp³-hybridized carbons (Fsp3) is 0.368. The molecule has 0 N–H and O–H groups in total. The molecule has 0 spiro atoms. The lowest BCUT2D eigenvalue weighted by Gasteiger charge is -2.10. The van der Waals surface area contributed by atoms with Crippen molar-refractivity contribution >= 4 is 0 Å². The van der Waals surface area contributed by atoms with Gasteiger partial charge in [0.1, 0.15) is 0 Å². The highest BCUT2D eigenvalue weighted by molar-refractivity contribution is 5.37. The summed E-state index contributed by atoms with van der Waals surface area (Å²) in [6.45, 7) is 11.0. The van der Waals surface area contributed by atoms with Crippen molar-refractivity contribution in [3.63, 3.8) is 0 Å². The molecule has 2 rings (SSSR count). The Morgan fingerprint density at radius 3 is 1.68 bits per heavy atom. The Morgan fingerprint density at radius 2 is 1.11 bits per heavy atom. The van der Waals surface area contributed by atoms with E-state index in [1.54, 1.807) is 0 Å². The highest BCUT2D eigenvalue weighted by atomic mass is 14.1.